The number of carbonyl (C=O) groups is 2. The van der Waals surface area contributed by atoms with Gasteiger partial charge in [0.1, 0.15) is 11.6 Å². The summed E-state index contributed by atoms with van der Waals surface area (Å²) in [5.41, 5.74) is -0.364. The van der Waals surface area contributed by atoms with Gasteiger partial charge in [-0.25, -0.2) is 10.2 Å². The maximum absolute atomic E-state index is 12.7. The number of alkyl halides is 3. The Morgan fingerprint density at radius 2 is 1.92 bits per heavy atom. The predicted octanol–water partition coefficient (Wildman–Crippen LogP) is 1.97. The number of hydrazone groups is 1. The molecule has 1 saturated heterocycles. The Balaban J connectivity index is 2.92. The minimum absolute atomic E-state index is 0.0405. The van der Waals surface area contributed by atoms with E-state index in [1.54, 1.807) is 26.2 Å². The van der Waals surface area contributed by atoms with Gasteiger partial charge in [-0.1, -0.05) is 6.08 Å². The summed E-state index contributed by atoms with van der Waals surface area (Å²) < 4.78 is 43.3. The number of aliphatic hydroxyl groups is 1. The topological polar surface area (TPSA) is 91.2 Å². The molecule has 0 bridgehead atoms. The molecule has 7 nitrogen and oxygen atoms in total. The predicted molar refractivity (Wildman–Crippen MR) is 83.8 cm³/mol. The van der Waals surface area contributed by atoms with Gasteiger partial charge in [0.2, 0.25) is 0 Å². The molecule has 1 aliphatic rings. The van der Waals surface area contributed by atoms with Crippen LogP contribution in [0, 0.1) is 0 Å². The maximum Gasteiger partial charge on any atom is 0.435 e. The second-order valence-electron chi connectivity index (χ2n) is 6.45. The molecule has 25 heavy (non-hydrogen) atoms. The summed E-state index contributed by atoms with van der Waals surface area (Å²) in [6.45, 7) is 6.29. The molecular formula is C15H22F3N3O4. The number of aliphatic hydroxyl groups excluding tert-OH is 1. The monoisotopic (exact) mass is 365 g/mol. The Labute approximate surface area is 143 Å². The van der Waals surface area contributed by atoms with Gasteiger partial charge in [0.25, 0.3) is 5.91 Å². The zero-order valence-electron chi connectivity index (χ0n) is 14.4. The van der Waals surface area contributed by atoms with Gasteiger partial charge in [-0.15, -0.1) is 0 Å². The number of halogens is 3. The number of amides is 2. The van der Waals surface area contributed by atoms with Crippen molar-refractivity contribution in [3.63, 3.8) is 0 Å². The lowest BCUT2D eigenvalue weighted by molar-refractivity contribution is -0.128. The maximum atomic E-state index is 12.7. The number of rotatable bonds is 3. The molecule has 0 aromatic carbocycles. The highest BCUT2D eigenvalue weighted by atomic mass is 19.4. The van der Waals surface area contributed by atoms with Gasteiger partial charge in [0.05, 0.1) is 6.10 Å². The fourth-order valence-corrected chi connectivity index (χ4v) is 2.15. The molecule has 2 amide bonds. The molecule has 0 unspecified atom stereocenters. The summed E-state index contributed by atoms with van der Waals surface area (Å²) in [5.74, 6) is -1.03. The van der Waals surface area contributed by atoms with Crippen LogP contribution in [0.1, 0.15) is 34.1 Å². The van der Waals surface area contributed by atoms with Crippen LogP contribution in [0.2, 0.25) is 0 Å². The summed E-state index contributed by atoms with van der Waals surface area (Å²) in [5, 5.41) is 13.0. The van der Waals surface area contributed by atoms with Crippen LogP contribution in [-0.2, 0) is 9.53 Å². The number of allylic oxidation sites excluding steroid dienone is 2. The normalized spacial score (nSPS) is 22.4. The summed E-state index contributed by atoms with van der Waals surface area (Å²) in [4.78, 5) is 25.2. The van der Waals surface area contributed by atoms with E-state index in [2.05, 4.69) is 5.10 Å². The number of likely N-dealkylation sites (tertiary alicyclic amines) is 1. The molecule has 0 aliphatic carbocycles. The molecule has 1 rings (SSSR count). The minimum Gasteiger partial charge on any atom is -0.444 e. The van der Waals surface area contributed by atoms with Crippen molar-refractivity contribution >= 4 is 17.7 Å². The molecule has 0 aromatic rings. The third kappa shape index (κ3) is 6.04. The third-order valence-electron chi connectivity index (χ3n) is 3.16. The lowest BCUT2D eigenvalue weighted by Crippen LogP contribution is -2.50. The number of nitrogens with one attached hydrogen (secondary N) is 1. The Bertz CT molecular complexity index is 567. The van der Waals surface area contributed by atoms with Crippen LogP contribution >= 0.6 is 0 Å². The lowest BCUT2D eigenvalue weighted by Gasteiger charge is -2.28. The largest absolute Gasteiger partial charge is 0.444 e. The number of nitrogens with zero attached hydrogens (tertiary/aromatic N) is 2. The van der Waals surface area contributed by atoms with Crippen molar-refractivity contribution < 1.29 is 32.6 Å². The smallest absolute Gasteiger partial charge is 0.435 e. The van der Waals surface area contributed by atoms with Gasteiger partial charge in [0, 0.05) is 6.54 Å². The highest BCUT2D eigenvalue weighted by molar-refractivity contribution is 6.00. The number of hydrogen-bond acceptors (Lipinski definition) is 5. The van der Waals surface area contributed by atoms with E-state index in [0.717, 1.165) is 11.0 Å². The molecular weight excluding hydrogens is 343 g/mol. The van der Waals surface area contributed by atoms with Gasteiger partial charge in [-0.3, -0.25) is 9.69 Å². The number of ether oxygens (including phenoxy) is 1. The van der Waals surface area contributed by atoms with Gasteiger partial charge in [-0.05, 0) is 40.2 Å². The molecule has 142 valence electrons. The second-order valence-corrected chi connectivity index (χ2v) is 6.45. The van der Waals surface area contributed by atoms with E-state index in [9.17, 15) is 27.9 Å². The van der Waals surface area contributed by atoms with Crippen molar-refractivity contribution in [2.24, 2.45) is 5.10 Å². The van der Waals surface area contributed by atoms with Crippen molar-refractivity contribution in [2.75, 3.05) is 6.54 Å². The first-order valence-electron chi connectivity index (χ1n) is 7.62. The van der Waals surface area contributed by atoms with Crippen molar-refractivity contribution in [2.45, 2.75) is 58.0 Å². The second kappa shape index (κ2) is 7.85. The Hall–Kier alpha value is -2.10. The van der Waals surface area contributed by atoms with E-state index in [4.69, 9.17) is 4.74 Å². The third-order valence-corrected chi connectivity index (χ3v) is 3.16. The van der Waals surface area contributed by atoms with Gasteiger partial charge < -0.3 is 9.84 Å². The molecule has 1 fully saturated rings. The van der Waals surface area contributed by atoms with Crippen molar-refractivity contribution in [3.8, 4) is 0 Å². The molecule has 2 atom stereocenters. The molecule has 1 aliphatic heterocycles. The summed E-state index contributed by atoms with van der Waals surface area (Å²) >= 11 is 0. The Morgan fingerprint density at radius 3 is 2.40 bits per heavy atom. The van der Waals surface area contributed by atoms with E-state index >= 15 is 0 Å². The first-order valence-corrected chi connectivity index (χ1v) is 7.62. The molecule has 0 radical (unpaired) electrons. The highest BCUT2D eigenvalue weighted by Gasteiger charge is 2.43. The fraction of sp³-hybridized carbons (Fsp3) is 0.667. The molecule has 10 heteroatoms. The molecule has 2 N–H and O–H groups in total. The Kier molecular flexibility index (Phi) is 6.58. The van der Waals surface area contributed by atoms with E-state index in [1.807, 2.05) is 0 Å². The van der Waals surface area contributed by atoms with E-state index in [1.165, 1.54) is 6.92 Å². The van der Waals surface area contributed by atoms with Crippen molar-refractivity contribution in [1.82, 2.24) is 10.3 Å². The minimum atomic E-state index is -4.75. The van der Waals surface area contributed by atoms with Crippen LogP contribution in [0.15, 0.2) is 17.3 Å². The first kappa shape index (κ1) is 20.9. The van der Waals surface area contributed by atoms with Crippen molar-refractivity contribution in [1.29, 1.82) is 0 Å². The van der Waals surface area contributed by atoms with Crippen LogP contribution in [0.4, 0.5) is 18.0 Å². The number of hydrogen-bond donors (Lipinski definition) is 2. The van der Waals surface area contributed by atoms with Crippen LogP contribution < -0.4 is 5.43 Å². The average Bonchev–Trinajstić information content (AvgIpc) is 2.82. The van der Waals surface area contributed by atoms with Gasteiger partial charge in [0.15, 0.2) is 5.71 Å². The summed E-state index contributed by atoms with van der Waals surface area (Å²) in [6.07, 6.45) is -4.90. The molecule has 1 heterocycles. The standard InChI is InChI=1S/C15H22F3N3O4/c1-5-6-10(15(16,17)18)19-20-12(23)11-9(22)7-8-21(11)13(24)25-14(2,3)4/h5-6,9,11,22H,7-8H2,1-4H3,(H,20,23)/b6-5-,19-10+/t9-,11+/m1/s1. The van der Waals surface area contributed by atoms with E-state index in [-0.39, 0.29) is 13.0 Å². The van der Waals surface area contributed by atoms with Crippen LogP contribution in [0.5, 0.6) is 0 Å². The zero-order chi connectivity index (χ0) is 19.4. The lowest BCUT2D eigenvalue weighted by atomic mass is 10.1. The average molecular weight is 365 g/mol. The zero-order valence-corrected chi connectivity index (χ0v) is 14.4. The summed E-state index contributed by atoms with van der Waals surface area (Å²) in [7, 11) is 0. The molecule has 0 aromatic heterocycles. The van der Waals surface area contributed by atoms with Gasteiger partial charge in [-0.2, -0.15) is 18.3 Å². The SMILES string of the molecule is C/C=C\C(=N/NC(=O)[C@@H]1[C@H](O)CCN1C(=O)OC(C)(C)C)C(F)(F)F. The van der Waals surface area contributed by atoms with E-state index in [0.29, 0.717) is 6.08 Å². The van der Waals surface area contributed by atoms with Gasteiger partial charge >= 0.3 is 12.3 Å². The fourth-order valence-electron chi connectivity index (χ4n) is 2.15. The van der Waals surface area contributed by atoms with E-state index < -0.39 is 41.6 Å². The van der Waals surface area contributed by atoms with Crippen molar-refractivity contribution in [3.05, 3.63) is 12.2 Å². The quantitative estimate of drug-likeness (QED) is 0.591. The number of carbonyl (C=O) groups excluding carboxylic acids is 2. The molecule has 0 saturated carbocycles. The van der Waals surface area contributed by atoms with Crippen LogP contribution in [-0.4, -0.2) is 58.2 Å². The van der Waals surface area contributed by atoms with Crippen LogP contribution in [0.3, 0.4) is 0 Å². The molecule has 0 spiro atoms. The first-order chi connectivity index (χ1) is 11.4. The Morgan fingerprint density at radius 1 is 1.32 bits per heavy atom. The highest BCUT2D eigenvalue weighted by Crippen LogP contribution is 2.22. The van der Waals surface area contributed by atoms with Crippen LogP contribution in [0.25, 0.3) is 0 Å². The summed E-state index contributed by atoms with van der Waals surface area (Å²) in [6, 6.07) is -1.38.